The zero-order chi connectivity index (χ0) is 22.2. The van der Waals surface area contributed by atoms with E-state index >= 15 is 0 Å². The molecule has 170 valence electrons. The van der Waals surface area contributed by atoms with Crippen molar-refractivity contribution in [1.29, 1.82) is 0 Å². The average molecular weight is 448 g/mol. The molecular formula is C24H34ClN3O3. The number of fused-ring (bicyclic) bond motifs is 1. The molecule has 6 nitrogen and oxygen atoms in total. The molecule has 0 N–H and O–H groups in total. The Morgan fingerprint density at radius 3 is 2.65 bits per heavy atom. The molecule has 0 spiro atoms. The minimum Gasteiger partial charge on any atom is -0.444 e. The van der Waals surface area contributed by atoms with Crippen LogP contribution in [0.4, 0.5) is 10.8 Å². The van der Waals surface area contributed by atoms with Crippen molar-refractivity contribution in [1.82, 2.24) is 9.88 Å². The molecule has 2 fully saturated rings. The maximum atomic E-state index is 12.4. The van der Waals surface area contributed by atoms with Crippen LogP contribution in [0.5, 0.6) is 0 Å². The van der Waals surface area contributed by atoms with E-state index in [4.69, 9.17) is 25.7 Å². The number of carbonyl (C=O) groups is 1. The Balaban J connectivity index is 1.51. The summed E-state index contributed by atoms with van der Waals surface area (Å²) in [5.74, 6) is 0.695. The van der Waals surface area contributed by atoms with Gasteiger partial charge >= 0.3 is 6.09 Å². The predicted octanol–water partition coefficient (Wildman–Crippen LogP) is 6.05. The summed E-state index contributed by atoms with van der Waals surface area (Å²) < 4.78 is 11.8. The maximum absolute atomic E-state index is 12.4. The molecule has 1 amide bonds. The number of halogens is 1. The van der Waals surface area contributed by atoms with E-state index in [-0.39, 0.29) is 12.1 Å². The SMILES string of the molecule is CC1CN(C(=O)OC(C)(C)C)CCN1c1nc2cc(Cl)cc(CC3CCCCC3)c2o1. The molecule has 1 saturated heterocycles. The summed E-state index contributed by atoms with van der Waals surface area (Å²) in [7, 11) is 0. The van der Waals surface area contributed by atoms with Crippen molar-refractivity contribution in [3.63, 3.8) is 0 Å². The molecule has 0 radical (unpaired) electrons. The molecular weight excluding hydrogens is 414 g/mol. The van der Waals surface area contributed by atoms with Crippen LogP contribution >= 0.6 is 11.6 Å². The van der Waals surface area contributed by atoms with Crippen LogP contribution in [0.1, 0.15) is 65.4 Å². The molecule has 1 aliphatic heterocycles. The third-order valence-corrected chi connectivity index (χ3v) is 6.50. The Bertz CT molecular complexity index is 930. The number of anilines is 1. The van der Waals surface area contributed by atoms with Gasteiger partial charge < -0.3 is 19.0 Å². The zero-order valence-electron chi connectivity index (χ0n) is 19.1. The number of piperazine rings is 1. The fraction of sp³-hybridized carbons (Fsp3) is 0.667. The van der Waals surface area contributed by atoms with Crippen molar-refractivity contribution in [2.45, 2.75) is 77.9 Å². The highest BCUT2D eigenvalue weighted by molar-refractivity contribution is 6.31. The molecule has 1 saturated carbocycles. The van der Waals surface area contributed by atoms with Gasteiger partial charge in [-0.1, -0.05) is 43.7 Å². The van der Waals surface area contributed by atoms with Crippen molar-refractivity contribution in [3.8, 4) is 0 Å². The number of hydrogen-bond acceptors (Lipinski definition) is 5. The molecule has 31 heavy (non-hydrogen) atoms. The largest absolute Gasteiger partial charge is 0.444 e. The first-order chi connectivity index (χ1) is 14.7. The Morgan fingerprint density at radius 1 is 1.23 bits per heavy atom. The monoisotopic (exact) mass is 447 g/mol. The lowest BCUT2D eigenvalue weighted by Gasteiger charge is -2.39. The van der Waals surface area contributed by atoms with Gasteiger partial charge in [0, 0.05) is 30.7 Å². The molecule has 1 aromatic heterocycles. The van der Waals surface area contributed by atoms with Crippen LogP contribution in [0.15, 0.2) is 16.5 Å². The van der Waals surface area contributed by atoms with E-state index in [2.05, 4.69) is 11.8 Å². The Kier molecular flexibility index (Phi) is 6.38. The van der Waals surface area contributed by atoms with Crippen molar-refractivity contribution >= 4 is 34.8 Å². The van der Waals surface area contributed by atoms with Gasteiger partial charge in [0.1, 0.15) is 11.1 Å². The molecule has 1 aromatic carbocycles. The minimum absolute atomic E-state index is 0.0756. The lowest BCUT2D eigenvalue weighted by molar-refractivity contribution is 0.0216. The zero-order valence-corrected chi connectivity index (χ0v) is 19.9. The van der Waals surface area contributed by atoms with Crippen molar-refractivity contribution < 1.29 is 13.9 Å². The van der Waals surface area contributed by atoms with Gasteiger partial charge in [0.2, 0.25) is 0 Å². The van der Waals surface area contributed by atoms with Gasteiger partial charge in [0.05, 0.1) is 0 Å². The van der Waals surface area contributed by atoms with E-state index in [9.17, 15) is 4.79 Å². The first kappa shape index (κ1) is 22.3. The highest BCUT2D eigenvalue weighted by atomic mass is 35.5. The van der Waals surface area contributed by atoms with Gasteiger partial charge in [-0.15, -0.1) is 0 Å². The summed E-state index contributed by atoms with van der Waals surface area (Å²) in [4.78, 5) is 21.1. The van der Waals surface area contributed by atoms with Gasteiger partial charge in [0.25, 0.3) is 6.01 Å². The number of oxazole rings is 1. The Labute approximate surface area is 189 Å². The van der Waals surface area contributed by atoms with Crippen LogP contribution in [-0.4, -0.2) is 47.3 Å². The fourth-order valence-electron chi connectivity index (χ4n) is 4.76. The second-order valence-electron chi connectivity index (χ2n) is 10.1. The predicted molar refractivity (Wildman–Crippen MR) is 124 cm³/mol. The van der Waals surface area contributed by atoms with Gasteiger partial charge in [-0.2, -0.15) is 4.98 Å². The number of benzene rings is 1. The van der Waals surface area contributed by atoms with Gasteiger partial charge in [-0.25, -0.2) is 4.79 Å². The molecule has 1 unspecified atom stereocenters. The normalized spacial score (nSPS) is 21.0. The van der Waals surface area contributed by atoms with Crippen LogP contribution in [0.25, 0.3) is 11.1 Å². The Hall–Kier alpha value is -1.95. The second kappa shape index (κ2) is 8.89. The van der Waals surface area contributed by atoms with E-state index in [0.29, 0.717) is 36.6 Å². The maximum Gasteiger partial charge on any atom is 0.410 e. The molecule has 4 rings (SSSR count). The second-order valence-corrected chi connectivity index (χ2v) is 10.5. The van der Waals surface area contributed by atoms with Gasteiger partial charge in [0.15, 0.2) is 5.58 Å². The third-order valence-electron chi connectivity index (χ3n) is 6.28. The molecule has 1 aliphatic carbocycles. The first-order valence-electron chi connectivity index (χ1n) is 11.5. The lowest BCUT2D eigenvalue weighted by atomic mass is 9.85. The smallest absolute Gasteiger partial charge is 0.410 e. The molecule has 7 heteroatoms. The highest BCUT2D eigenvalue weighted by Gasteiger charge is 2.32. The number of hydrogen-bond donors (Lipinski definition) is 0. The van der Waals surface area contributed by atoms with E-state index < -0.39 is 5.60 Å². The summed E-state index contributed by atoms with van der Waals surface area (Å²) in [6, 6.07) is 4.61. The molecule has 2 aliphatic rings. The quantitative estimate of drug-likeness (QED) is 0.573. The number of nitrogens with zero attached hydrogens (tertiary/aromatic N) is 3. The van der Waals surface area contributed by atoms with Crippen molar-refractivity contribution in [2.24, 2.45) is 5.92 Å². The van der Waals surface area contributed by atoms with Gasteiger partial charge in [-0.3, -0.25) is 0 Å². The number of aromatic nitrogens is 1. The number of ether oxygens (including phenoxy) is 1. The first-order valence-corrected chi connectivity index (χ1v) is 11.9. The molecule has 2 aromatic rings. The molecule has 1 atom stereocenters. The number of rotatable bonds is 3. The van der Waals surface area contributed by atoms with Crippen molar-refractivity contribution in [2.75, 3.05) is 24.5 Å². The van der Waals surface area contributed by atoms with E-state index in [1.54, 1.807) is 4.90 Å². The summed E-state index contributed by atoms with van der Waals surface area (Å²) in [6.07, 6.45) is 7.26. The summed E-state index contributed by atoms with van der Waals surface area (Å²) >= 11 is 6.42. The fourth-order valence-corrected chi connectivity index (χ4v) is 5.00. The van der Waals surface area contributed by atoms with Crippen LogP contribution in [-0.2, 0) is 11.2 Å². The van der Waals surface area contributed by atoms with Crippen LogP contribution < -0.4 is 4.90 Å². The third kappa shape index (κ3) is 5.28. The summed E-state index contributed by atoms with van der Waals surface area (Å²) in [6.45, 7) is 9.55. The van der Waals surface area contributed by atoms with Gasteiger partial charge in [-0.05, 0) is 57.7 Å². The van der Waals surface area contributed by atoms with Crippen LogP contribution in [0, 0.1) is 5.92 Å². The highest BCUT2D eigenvalue weighted by Crippen LogP contribution is 2.34. The molecule has 0 bridgehead atoms. The van der Waals surface area contributed by atoms with E-state index in [1.807, 2.05) is 32.9 Å². The summed E-state index contributed by atoms with van der Waals surface area (Å²) in [5.41, 5.74) is 2.33. The van der Waals surface area contributed by atoms with Crippen LogP contribution in [0.3, 0.4) is 0 Å². The van der Waals surface area contributed by atoms with Crippen LogP contribution in [0.2, 0.25) is 5.02 Å². The average Bonchev–Trinajstić information content (AvgIpc) is 3.11. The Morgan fingerprint density at radius 2 is 1.97 bits per heavy atom. The standard InChI is InChI=1S/C24H34ClN3O3/c1-16-15-27(23(29)31-24(2,3)4)10-11-28(16)22-26-20-14-19(25)13-18(21(20)30-22)12-17-8-6-5-7-9-17/h13-14,16-17H,5-12,15H2,1-4H3. The van der Waals surface area contributed by atoms with Crippen molar-refractivity contribution in [3.05, 3.63) is 22.7 Å². The topological polar surface area (TPSA) is 58.8 Å². The van der Waals surface area contributed by atoms with E-state index in [1.165, 1.54) is 32.1 Å². The minimum atomic E-state index is -0.494. The van der Waals surface area contributed by atoms with E-state index in [0.717, 1.165) is 23.1 Å². The number of carbonyl (C=O) groups excluding carboxylic acids is 1. The number of amides is 1. The lowest BCUT2D eigenvalue weighted by Crippen LogP contribution is -2.54. The summed E-state index contributed by atoms with van der Waals surface area (Å²) in [5, 5.41) is 0.709. The molecule has 2 heterocycles.